The van der Waals surface area contributed by atoms with Crippen LogP contribution in [0.15, 0.2) is 28.5 Å². The maximum Gasteiger partial charge on any atom is 0.408 e. The van der Waals surface area contributed by atoms with Crippen LogP contribution in [0.3, 0.4) is 0 Å². The van der Waals surface area contributed by atoms with Gasteiger partial charge in [0.05, 0.1) is 32.4 Å². The summed E-state index contributed by atoms with van der Waals surface area (Å²) in [6.07, 6.45) is -0.0997. The van der Waals surface area contributed by atoms with E-state index in [0.29, 0.717) is 23.5 Å². The maximum atomic E-state index is 14.1. The Morgan fingerprint density at radius 3 is 2.36 bits per heavy atom. The van der Waals surface area contributed by atoms with Crippen LogP contribution in [-0.4, -0.2) is 111 Å². The molecule has 2 amide bonds. The molecule has 1 aromatic carbocycles. The van der Waals surface area contributed by atoms with E-state index < -0.39 is 53.6 Å². The summed E-state index contributed by atoms with van der Waals surface area (Å²) in [7, 11) is 6.41. The van der Waals surface area contributed by atoms with Gasteiger partial charge in [-0.1, -0.05) is 6.07 Å². The molecule has 14 heteroatoms. The summed E-state index contributed by atoms with van der Waals surface area (Å²) in [4.78, 5) is 58.1. The largest absolute Gasteiger partial charge is 0.493 e. The second-order valence-corrected chi connectivity index (χ2v) is 14.2. The minimum atomic E-state index is -0.986. The number of nitriles is 1. The maximum absolute atomic E-state index is 14.1. The zero-order valence-electron chi connectivity index (χ0n) is 30.4. The number of Topliss-reactive ketones (excluding diaryl/α,β-unsaturated/α-hetero) is 2. The van der Waals surface area contributed by atoms with Gasteiger partial charge in [-0.2, -0.15) is 5.26 Å². The molecule has 2 N–H and O–H groups in total. The first-order valence-corrected chi connectivity index (χ1v) is 16.7. The number of carbonyl (C=O) groups excluding carboxylic acids is 4. The molecule has 50 heavy (non-hydrogen) atoms. The number of nitrogens with one attached hydrogen (secondary N) is 2. The van der Waals surface area contributed by atoms with E-state index in [9.17, 15) is 24.4 Å². The molecule has 1 fully saturated rings. The van der Waals surface area contributed by atoms with Gasteiger partial charge in [-0.25, -0.2) is 4.79 Å². The van der Waals surface area contributed by atoms with Crippen molar-refractivity contribution in [1.82, 2.24) is 20.4 Å². The number of nitrogens with zero attached hydrogens (tertiary/aromatic N) is 3. The van der Waals surface area contributed by atoms with Crippen molar-refractivity contribution in [1.29, 1.82) is 5.26 Å². The molecule has 6 atom stereocenters. The highest BCUT2D eigenvalue weighted by Gasteiger charge is 2.58. The first kappa shape index (κ1) is 36.8. The summed E-state index contributed by atoms with van der Waals surface area (Å²) < 4.78 is 28.1. The van der Waals surface area contributed by atoms with Crippen LogP contribution < -0.4 is 20.1 Å². The summed E-state index contributed by atoms with van der Waals surface area (Å²) in [5.74, 6) is -0.298. The highest BCUT2D eigenvalue weighted by Crippen LogP contribution is 2.54. The Morgan fingerprint density at radius 2 is 1.76 bits per heavy atom. The Balaban J connectivity index is 1.62. The molecule has 1 unspecified atom stereocenters. The fraction of sp³-hybridized carbons (Fsp3) is 0.583. The number of methoxy groups -OCH3 is 3. The van der Waals surface area contributed by atoms with Gasteiger partial charge in [0.1, 0.15) is 17.7 Å². The number of amides is 2. The Morgan fingerprint density at radius 1 is 1.06 bits per heavy atom. The van der Waals surface area contributed by atoms with Crippen molar-refractivity contribution < 1.29 is 42.9 Å². The third-order valence-electron chi connectivity index (χ3n) is 9.96. The number of aryl methyl sites for hydroxylation is 1. The van der Waals surface area contributed by atoms with Gasteiger partial charge in [-0.3, -0.25) is 24.2 Å². The topological polar surface area (TPSA) is 169 Å². The zero-order valence-corrected chi connectivity index (χ0v) is 30.4. The number of alkyl carbamates (subject to hydrolysis) is 1. The van der Waals surface area contributed by atoms with Crippen LogP contribution in [0.2, 0.25) is 0 Å². The lowest BCUT2D eigenvalue weighted by Crippen LogP contribution is -2.71. The van der Waals surface area contributed by atoms with Crippen LogP contribution in [0.5, 0.6) is 11.5 Å². The van der Waals surface area contributed by atoms with Gasteiger partial charge in [-0.15, -0.1) is 0 Å². The third-order valence-corrected chi connectivity index (χ3v) is 9.96. The molecule has 270 valence electrons. The van der Waals surface area contributed by atoms with Gasteiger partial charge < -0.3 is 34.3 Å². The van der Waals surface area contributed by atoms with Crippen molar-refractivity contribution >= 4 is 23.6 Å². The molecule has 5 rings (SSSR count). The molecule has 1 aromatic rings. The monoisotopic (exact) mass is 693 g/mol. The number of hydrogen-bond donors (Lipinski definition) is 2. The van der Waals surface area contributed by atoms with Crippen molar-refractivity contribution in [3.05, 3.63) is 45.2 Å². The number of piperazine rings is 1. The molecular weight excluding hydrogens is 646 g/mol. The SMILES string of the molecule is COCOc1c(OC)c(C)cc2c1[C@@H]1C3CC4=C(C(=O)C(OC)=C(C)C4=O)[C@H](CNC(=O)[C@H](C)NC(=O)OC(C)(C)C)N3[C@@H](C#N)[C@@H](C2)N1C. The standard InChI is InChI=1S/C36H47N5O9/c1-17-11-20-12-22-24(14-37)41-23(28(40(22)7)26(20)33(31(17)47-9)49-16-46-8)13-21-27(30(43)32(48-10)18(2)29(21)42)25(41)15-38-34(44)19(3)39-35(45)50-36(4,5)6/h11,19,22-25,28H,12-13,15-16H2,1-10H3,(H,38,44)(H,39,45)/t19-,22+,23?,24-,25-,28-/m0/s1. The molecule has 14 nitrogen and oxygen atoms in total. The fourth-order valence-electron chi connectivity index (χ4n) is 7.95. The summed E-state index contributed by atoms with van der Waals surface area (Å²) in [5.41, 5.74) is 2.68. The van der Waals surface area contributed by atoms with E-state index in [2.05, 4.69) is 27.7 Å². The summed E-state index contributed by atoms with van der Waals surface area (Å²) in [6.45, 7) is 10.0. The molecule has 0 radical (unpaired) electrons. The number of hydrogen-bond acceptors (Lipinski definition) is 12. The number of carbonyl (C=O) groups is 4. The fourth-order valence-corrected chi connectivity index (χ4v) is 7.95. The van der Waals surface area contributed by atoms with Crippen molar-refractivity contribution in [3.8, 4) is 17.6 Å². The third kappa shape index (κ3) is 6.34. The normalized spacial score (nSPS) is 25.5. The van der Waals surface area contributed by atoms with Crippen LogP contribution in [0.4, 0.5) is 4.79 Å². The van der Waals surface area contributed by atoms with Gasteiger partial charge >= 0.3 is 6.09 Å². The van der Waals surface area contributed by atoms with E-state index in [1.165, 1.54) is 21.1 Å². The smallest absolute Gasteiger partial charge is 0.408 e. The summed E-state index contributed by atoms with van der Waals surface area (Å²) in [6, 6.07) is 0.775. The Bertz CT molecular complexity index is 1700. The van der Waals surface area contributed by atoms with Crippen molar-refractivity contribution in [2.75, 3.05) is 41.7 Å². The van der Waals surface area contributed by atoms with E-state index in [1.807, 2.05) is 18.9 Å². The second-order valence-electron chi connectivity index (χ2n) is 14.2. The van der Waals surface area contributed by atoms with Gasteiger partial charge in [0.2, 0.25) is 11.7 Å². The molecule has 0 spiro atoms. The number of likely N-dealkylation sites (N-methyl/N-ethyl adjacent to an activating group) is 1. The molecule has 0 aromatic heterocycles. The first-order valence-electron chi connectivity index (χ1n) is 16.7. The number of fused-ring (bicyclic) bond motifs is 6. The van der Waals surface area contributed by atoms with Gasteiger partial charge in [0.15, 0.2) is 29.8 Å². The summed E-state index contributed by atoms with van der Waals surface area (Å²) >= 11 is 0. The van der Waals surface area contributed by atoms with Crippen LogP contribution in [0.25, 0.3) is 0 Å². The highest BCUT2D eigenvalue weighted by atomic mass is 16.7. The minimum Gasteiger partial charge on any atom is -0.493 e. The number of ketones is 2. The van der Waals surface area contributed by atoms with Gasteiger partial charge in [-0.05, 0) is 72.6 Å². The van der Waals surface area contributed by atoms with Crippen LogP contribution >= 0.6 is 0 Å². The lowest BCUT2D eigenvalue weighted by atomic mass is 9.69. The van der Waals surface area contributed by atoms with Crippen molar-refractivity contribution in [2.45, 2.75) is 96.2 Å². The number of allylic oxidation sites excluding steroid dienone is 2. The molecule has 2 bridgehead atoms. The molecule has 0 saturated carbocycles. The van der Waals surface area contributed by atoms with E-state index in [0.717, 1.165) is 16.7 Å². The lowest BCUT2D eigenvalue weighted by Gasteiger charge is -2.60. The average Bonchev–Trinajstić information content (AvgIpc) is 3.04. The number of benzene rings is 1. The Hall–Kier alpha value is -4.45. The molecular formula is C36H47N5O9. The first-order chi connectivity index (χ1) is 23.6. The van der Waals surface area contributed by atoms with E-state index in [1.54, 1.807) is 34.8 Å². The van der Waals surface area contributed by atoms with Crippen LogP contribution in [-0.2, 0) is 35.0 Å². The number of ether oxygens (including phenoxy) is 5. The second kappa shape index (κ2) is 14.0. The summed E-state index contributed by atoms with van der Waals surface area (Å²) in [5, 5.41) is 16.2. The number of rotatable bonds is 9. The highest BCUT2D eigenvalue weighted by molar-refractivity contribution is 6.25. The van der Waals surface area contributed by atoms with Crippen LogP contribution in [0.1, 0.15) is 63.8 Å². The Labute approximate surface area is 292 Å². The molecule has 1 saturated heterocycles. The van der Waals surface area contributed by atoms with E-state index in [-0.39, 0.29) is 48.5 Å². The Kier molecular flexibility index (Phi) is 10.3. The van der Waals surface area contributed by atoms with Crippen molar-refractivity contribution in [2.24, 2.45) is 0 Å². The minimum absolute atomic E-state index is 0.0302. The van der Waals surface area contributed by atoms with Crippen molar-refractivity contribution in [3.63, 3.8) is 0 Å². The van der Waals surface area contributed by atoms with Crippen LogP contribution in [0, 0.1) is 18.3 Å². The molecule has 3 aliphatic heterocycles. The predicted molar refractivity (Wildman–Crippen MR) is 180 cm³/mol. The zero-order chi connectivity index (χ0) is 36.8. The molecule has 3 heterocycles. The average molecular weight is 694 g/mol. The quantitative estimate of drug-likeness (QED) is 0.287. The predicted octanol–water partition coefficient (Wildman–Crippen LogP) is 2.63. The lowest BCUT2D eigenvalue weighted by molar-refractivity contribution is -0.125. The van der Waals surface area contributed by atoms with E-state index >= 15 is 0 Å². The molecule has 4 aliphatic rings. The molecule has 1 aliphatic carbocycles. The van der Waals surface area contributed by atoms with Gasteiger partial charge in [0, 0.05) is 48.0 Å². The van der Waals surface area contributed by atoms with Gasteiger partial charge in [0.25, 0.3) is 0 Å². The van der Waals surface area contributed by atoms with E-state index in [4.69, 9.17) is 23.7 Å².